The number of para-hydroxylation sites is 2. The Hall–Kier alpha value is -5.91. The number of rotatable bonds is 7. The first-order valence-electron chi connectivity index (χ1n) is 23.4. The molecule has 0 amide bonds. The van der Waals surface area contributed by atoms with Gasteiger partial charge in [0.1, 0.15) is 17.7 Å². The van der Waals surface area contributed by atoms with E-state index >= 15 is 0 Å². The van der Waals surface area contributed by atoms with Crippen molar-refractivity contribution in [2.75, 3.05) is 4.90 Å². The summed E-state index contributed by atoms with van der Waals surface area (Å²) in [5.41, 5.74) is 13.5. The SMILES string of the molecule is C1=CCCC(C2C=C(C3C=CC(C4=CC5C6=C(C=CC7C6c6ccccc6N7c6ccccc6)OC5C=C4)=C(C4N=C(c5ccccc5)NC(C5C=CCCC5)[N-]4)C3)CCC2)=C1. The lowest BCUT2D eigenvalue weighted by atomic mass is 9.72. The third-order valence-corrected chi connectivity index (χ3v) is 15.0. The molecule has 310 valence electrons. The summed E-state index contributed by atoms with van der Waals surface area (Å²) in [5.74, 6) is 3.53. The summed E-state index contributed by atoms with van der Waals surface area (Å²) in [4.78, 5) is 8.09. The van der Waals surface area contributed by atoms with E-state index in [4.69, 9.17) is 15.0 Å². The lowest BCUT2D eigenvalue weighted by Gasteiger charge is -2.49. The van der Waals surface area contributed by atoms with Gasteiger partial charge in [0, 0.05) is 34.7 Å². The number of ether oxygens (including phenoxy) is 1. The van der Waals surface area contributed by atoms with Gasteiger partial charge in [-0.2, -0.15) is 0 Å². The molecule has 62 heavy (non-hydrogen) atoms. The summed E-state index contributed by atoms with van der Waals surface area (Å²) < 4.78 is 6.85. The van der Waals surface area contributed by atoms with Crippen LogP contribution in [0, 0.1) is 23.7 Å². The Morgan fingerprint density at radius 2 is 1.61 bits per heavy atom. The second-order valence-electron chi connectivity index (χ2n) is 18.5. The van der Waals surface area contributed by atoms with Crippen molar-refractivity contribution in [2.45, 2.75) is 88.2 Å². The number of hydrogen-bond acceptors (Lipinski definition) is 4. The van der Waals surface area contributed by atoms with Crippen molar-refractivity contribution < 1.29 is 4.74 Å². The highest BCUT2D eigenvalue weighted by Crippen LogP contribution is 2.57. The standard InChI is InChI=1S/C57H55N4O/c1-5-16-37(17-6-1)40-22-15-23-41(34-40)42-28-30-45(47(35-42)57-59-55(38-18-7-2-8-19-38)58-56(60-57)39-20-9-3-10-21-39)43-29-32-51-48(36-43)54-52(62-51)33-31-50-53(54)46-26-13-14-27-49(46)61(50)44-24-11-4-12-25-44/h1-2,4-5,7-9,11-14,16,18-20,24-34,36,39-40,42,48,50-51,53,56-57H,3,6,10,15,17,21-23,35H2,(H,58,59)/q-1. The molecule has 9 atom stereocenters. The number of amidine groups is 1. The smallest absolute Gasteiger partial charge is 0.127 e. The fourth-order valence-corrected chi connectivity index (χ4v) is 12.0. The first-order chi connectivity index (χ1) is 30.7. The van der Waals surface area contributed by atoms with Crippen molar-refractivity contribution >= 4 is 17.2 Å². The highest BCUT2D eigenvalue weighted by Gasteiger charge is 2.49. The second-order valence-corrected chi connectivity index (χ2v) is 18.5. The quantitative estimate of drug-likeness (QED) is 0.242. The zero-order valence-corrected chi connectivity index (χ0v) is 35.4. The van der Waals surface area contributed by atoms with Crippen molar-refractivity contribution in [1.82, 2.24) is 5.32 Å². The average Bonchev–Trinajstić information content (AvgIpc) is 3.90. The minimum absolute atomic E-state index is 0.0311. The molecule has 0 saturated carbocycles. The molecule has 3 heterocycles. The Labute approximate surface area is 367 Å². The zero-order valence-electron chi connectivity index (χ0n) is 35.4. The first-order valence-corrected chi connectivity index (χ1v) is 23.4. The molecule has 9 aliphatic rings. The Morgan fingerprint density at radius 3 is 2.47 bits per heavy atom. The van der Waals surface area contributed by atoms with Crippen molar-refractivity contribution in [3.63, 3.8) is 0 Å². The molecule has 0 radical (unpaired) electrons. The maximum absolute atomic E-state index is 6.85. The Bertz CT molecular complexity index is 2600. The van der Waals surface area contributed by atoms with E-state index < -0.39 is 0 Å². The van der Waals surface area contributed by atoms with Crippen LogP contribution in [0.5, 0.6) is 0 Å². The molecule has 12 rings (SSSR count). The maximum Gasteiger partial charge on any atom is 0.127 e. The number of nitrogens with one attached hydrogen (secondary N) is 1. The van der Waals surface area contributed by atoms with Gasteiger partial charge < -0.3 is 20.3 Å². The fourth-order valence-electron chi connectivity index (χ4n) is 12.0. The van der Waals surface area contributed by atoms with Crippen LogP contribution in [-0.2, 0) is 4.74 Å². The molecule has 0 aromatic heterocycles. The van der Waals surface area contributed by atoms with E-state index in [1.165, 1.54) is 64.9 Å². The molecule has 1 N–H and O–H groups in total. The average molecular weight is 812 g/mol. The molecule has 5 heteroatoms. The van der Waals surface area contributed by atoms with Gasteiger partial charge in [0.25, 0.3) is 0 Å². The minimum atomic E-state index is -0.287. The van der Waals surface area contributed by atoms with E-state index in [0.717, 1.165) is 49.3 Å². The van der Waals surface area contributed by atoms with E-state index in [1.54, 1.807) is 11.1 Å². The summed E-state index contributed by atoms with van der Waals surface area (Å²) in [6.07, 6.45) is 41.2. The lowest BCUT2D eigenvalue weighted by Crippen LogP contribution is -2.46. The van der Waals surface area contributed by atoms with Crippen LogP contribution in [0.25, 0.3) is 5.32 Å². The van der Waals surface area contributed by atoms with Crippen molar-refractivity contribution in [3.05, 3.63) is 220 Å². The van der Waals surface area contributed by atoms with Gasteiger partial charge in [-0.15, -0.1) is 0 Å². The molecular formula is C57H55N4O-. The van der Waals surface area contributed by atoms with Crippen LogP contribution in [0.1, 0.15) is 74.8 Å². The van der Waals surface area contributed by atoms with Crippen LogP contribution in [0.3, 0.4) is 0 Å². The fraction of sp³-hybridized carbons (Fsp3) is 0.316. The highest BCUT2D eigenvalue weighted by atomic mass is 16.5. The number of fused-ring (bicyclic) bond motifs is 6. The van der Waals surface area contributed by atoms with Gasteiger partial charge in [-0.3, -0.25) is 4.99 Å². The predicted octanol–water partition coefficient (Wildman–Crippen LogP) is 12.9. The molecule has 0 spiro atoms. The van der Waals surface area contributed by atoms with Crippen LogP contribution in [0.15, 0.2) is 208 Å². The zero-order chi connectivity index (χ0) is 41.0. The predicted molar refractivity (Wildman–Crippen MR) is 253 cm³/mol. The van der Waals surface area contributed by atoms with Crippen molar-refractivity contribution in [3.8, 4) is 0 Å². The van der Waals surface area contributed by atoms with Crippen LogP contribution in [0.2, 0.25) is 0 Å². The van der Waals surface area contributed by atoms with Gasteiger partial charge in [-0.05, 0) is 128 Å². The lowest BCUT2D eigenvalue weighted by molar-refractivity contribution is 0.173. The van der Waals surface area contributed by atoms with E-state index in [0.29, 0.717) is 17.8 Å². The molecule has 3 aromatic rings. The Kier molecular flexibility index (Phi) is 9.81. The molecule has 9 unspecified atom stereocenters. The number of benzene rings is 3. The van der Waals surface area contributed by atoms with Crippen LogP contribution in [0.4, 0.5) is 11.4 Å². The molecular weight excluding hydrogens is 757 g/mol. The van der Waals surface area contributed by atoms with Crippen LogP contribution >= 0.6 is 0 Å². The van der Waals surface area contributed by atoms with E-state index in [2.05, 4.69) is 174 Å². The largest absolute Gasteiger partial charge is 0.616 e. The van der Waals surface area contributed by atoms with Gasteiger partial charge in [-0.25, -0.2) is 0 Å². The third-order valence-electron chi connectivity index (χ3n) is 15.0. The summed E-state index contributed by atoms with van der Waals surface area (Å²) in [6.45, 7) is 0. The summed E-state index contributed by atoms with van der Waals surface area (Å²) >= 11 is 0. The van der Waals surface area contributed by atoms with Gasteiger partial charge in [0.2, 0.25) is 0 Å². The van der Waals surface area contributed by atoms with E-state index in [1.807, 2.05) is 0 Å². The second kappa shape index (κ2) is 16.1. The highest BCUT2D eigenvalue weighted by molar-refractivity contribution is 6.00. The van der Waals surface area contributed by atoms with E-state index in [-0.39, 0.29) is 36.3 Å². The van der Waals surface area contributed by atoms with Crippen LogP contribution < -0.4 is 10.2 Å². The van der Waals surface area contributed by atoms with Crippen molar-refractivity contribution in [1.29, 1.82) is 0 Å². The molecule has 3 aliphatic heterocycles. The monoisotopic (exact) mass is 811 g/mol. The Morgan fingerprint density at radius 1 is 0.742 bits per heavy atom. The molecule has 0 fully saturated rings. The van der Waals surface area contributed by atoms with E-state index in [9.17, 15) is 0 Å². The number of allylic oxidation sites excluding steroid dienone is 13. The van der Waals surface area contributed by atoms with Crippen LogP contribution in [-0.4, -0.2) is 30.3 Å². The molecule has 0 saturated heterocycles. The van der Waals surface area contributed by atoms with Gasteiger partial charge in [0.15, 0.2) is 0 Å². The minimum Gasteiger partial charge on any atom is -0.616 e. The molecule has 6 aliphatic carbocycles. The third kappa shape index (κ3) is 6.77. The van der Waals surface area contributed by atoms with Gasteiger partial charge in [-0.1, -0.05) is 156 Å². The molecule has 0 bridgehead atoms. The first kappa shape index (κ1) is 37.8. The maximum atomic E-state index is 6.85. The summed E-state index contributed by atoms with van der Waals surface area (Å²) in [7, 11) is 0. The topological polar surface area (TPSA) is 51.0 Å². The van der Waals surface area contributed by atoms with Crippen molar-refractivity contribution in [2.24, 2.45) is 28.7 Å². The normalized spacial score (nSPS) is 31.9. The van der Waals surface area contributed by atoms with Gasteiger partial charge in [0.05, 0.1) is 6.04 Å². The summed E-state index contributed by atoms with van der Waals surface area (Å²) in [6, 6.07) is 30.8. The number of anilines is 2. The number of hydrogen-bond donors (Lipinski definition) is 1. The number of nitrogens with zero attached hydrogens (tertiary/aromatic N) is 3. The molecule has 5 nitrogen and oxygen atoms in total. The summed E-state index contributed by atoms with van der Waals surface area (Å²) in [5, 5.41) is 9.51. The molecule has 3 aromatic carbocycles. The Balaban J connectivity index is 0.947. The van der Waals surface area contributed by atoms with Gasteiger partial charge >= 0.3 is 0 Å². The number of aliphatic imine (C=N–C) groups is 1.